The highest BCUT2D eigenvalue weighted by Crippen LogP contribution is 2.42. The summed E-state index contributed by atoms with van der Waals surface area (Å²) in [5, 5.41) is 9.57. The van der Waals surface area contributed by atoms with Crippen molar-refractivity contribution in [3.8, 4) is 34.4 Å². The van der Waals surface area contributed by atoms with Gasteiger partial charge in [0.15, 0.2) is 0 Å². The lowest BCUT2D eigenvalue weighted by atomic mass is 9.85. The van der Waals surface area contributed by atoms with Crippen LogP contribution < -0.4 is 19.9 Å². The van der Waals surface area contributed by atoms with E-state index in [-0.39, 0.29) is 24.5 Å². The van der Waals surface area contributed by atoms with Crippen LogP contribution in [0.1, 0.15) is 24.8 Å². The number of benzene rings is 2. The molecule has 0 aromatic heterocycles. The molecule has 7 heteroatoms. The van der Waals surface area contributed by atoms with Gasteiger partial charge in [-0.15, -0.1) is 0 Å². The molecule has 2 N–H and O–H groups in total. The average molecular weight is 394 g/mol. The van der Waals surface area contributed by atoms with Crippen molar-refractivity contribution in [1.82, 2.24) is 0 Å². The predicted molar refractivity (Wildman–Crippen MR) is 106 cm³/mol. The summed E-state index contributed by atoms with van der Waals surface area (Å²) in [5.41, 5.74) is 8.55. The second-order valence-corrected chi connectivity index (χ2v) is 6.41. The van der Waals surface area contributed by atoms with E-state index < -0.39 is 11.9 Å². The van der Waals surface area contributed by atoms with Gasteiger partial charge in [-0.05, 0) is 42.3 Å². The van der Waals surface area contributed by atoms with Crippen molar-refractivity contribution in [2.24, 2.45) is 5.73 Å². The monoisotopic (exact) mass is 394 g/mol. The smallest absolute Gasteiger partial charge is 0.306 e. The van der Waals surface area contributed by atoms with Crippen molar-refractivity contribution in [2.45, 2.75) is 19.3 Å². The van der Waals surface area contributed by atoms with Gasteiger partial charge in [0.05, 0.1) is 32.8 Å². The number of hydrogen-bond acceptors (Lipinski definition) is 7. The van der Waals surface area contributed by atoms with Gasteiger partial charge in [0.2, 0.25) is 5.88 Å². The molecule has 0 fully saturated rings. The number of carbonyl (C=O) groups is 1. The Labute approximate surface area is 169 Å². The zero-order valence-corrected chi connectivity index (χ0v) is 16.5. The number of rotatable bonds is 6. The molecule has 0 spiro atoms. The third-order valence-electron chi connectivity index (χ3n) is 4.70. The molecule has 150 valence electrons. The Morgan fingerprint density at radius 1 is 1.14 bits per heavy atom. The summed E-state index contributed by atoms with van der Waals surface area (Å²) in [6.07, 6.45) is -0.00131. The Kier molecular flexibility index (Phi) is 5.93. The standard InChI is InChI=1S/C22H22N2O5/c1-4-28-21(25)11-17-18-9-13(5-6-20(18)29-22(24)19(17)12-23)14-7-15(26-2)10-16(8-14)27-3/h5-10,17H,4,11,24H2,1-3H3. The van der Waals surface area contributed by atoms with Crippen LogP contribution in [0.5, 0.6) is 17.2 Å². The summed E-state index contributed by atoms with van der Waals surface area (Å²) in [4.78, 5) is 12.1. The summed E-state index contributed by atoms with van der Waals surface area (Å²) < 4.78 is 21.4. The van der Waals surface area contributed by atoms with Gasteiger partial charge in [-0.25, -0.2) is 0 Å². The van der Waals surface area contributed by atoms with Crippen molar-refractivity contribution >= 4 is 5.97 Å². The fraction of sp³-hybridized carbons (Fsp3) is 0.273. The Morgan fingerprint density at radius 3 is 2.41 bits per heavy atom. The van der Waals surface area contributed by atoms with Gasteiger partial charge < -0.3 is 24.7 Å². The van der Waals surface area contributed by atoms with E-state index in [1.165, 1.54) is 0 Å². The Hall–Kier alpha value is -3.66. The van der Waals surface area contributed by atoms with Gasteiger partial charge in [0, 0.05) is 17.5 Å². The molecule has 0 saturated heterocycles. The van der Waals surface area contributed by atoms with Gasteiger partial charge in [-0.2, -0.15) is 5.26 Å². The number of esters is 1. The van der Waals surface area contributed by atoms with Crippen LogP contribution in [-0.4, -0.2) is 26.8 Å². The number of methoxy groups -OCH3 is 2. The maximum Gasteiger partial charge on any atom is 0.306 e. The molecule has 3 rings (SSSR count). The molecule has 0 bridgehead atoms. The Balaban J connectivity index is 2.08. The molecule has 1 heterocycles. The minimum absolute atomic E-state index is 0.00131. The molecule has 2 aromatic rings. The number of ether oxygens (including phenoxy) is 4. The van der Waals surface area contributed by atoms with Crippen LogP contribution in [0.2, 0.25) is 0 Å². The summed E-state index contributed by atoms with van der Waals surface area (Å²) in [6.45, 7) is 2.00. The van der Waals surface area contributed by atoms with Crippen molar-refractivity contribution in [3.63, 3.8) is 0 Å². The van der Waals surface area contributed by atoms with E-state index in [1.54, 1.807) is 33.3 Å². The second-order valence-electron chi connectivity index (χ2n) is 6.41. The largest absolute Gasteiger partial charge is 0.497 e. The maximum absolute atomic E-state index is 12.1. The molecule has 1 unspecified atom stereocenters. The van der Waals surface area contributed by atoms with Crippen LogP contribution in [0.4, 0.5) is 0 Å². The van der Waals surface area contributed by atoms with E-state index in [2.05, 4.69) is 6.07 Å². The summed E-state index contributed by atoms with van der Waals surface area (Å²) >= 11 is 0. The molecule has 0 amide bonds. The van der Waals surface area contributed by atoms with E-state index in [4.69, 9.17) is 24.7 Å². The zero-order valence-electron chi connectivity index (χ0n) is 16.5. The van der Waals surface area contributed by atoms with Crippen molar-refractivity contribution in [1.29, 1.82) is 5.26 Å². The first-order valence-electron chi connectivity index (χ1n) is 9.11. The molecule has 29 heavy (non-hydrogen) atoms. The van der Waals surface area contributed by atoms with Crippen LogP contribution in [0, 0.1) is 11.3 Å². The Bertz CT molecular complexity index is 984. The number of nitrogens with zero attached hydrogens (tertiary/aromatic N) is 1. The van der Waals surface area contributed by atoms with E-state index >= 15 is 0 Å². The topological polar surface area (TPSA) is 104 Å². The molecular weight excluding hydrogens is 372 g/mol. The maximum atomic E-state index is 12.1. The number of nitrogens with two attached hydrogens (primary N) is 1. The highest BCUT2D eigenvalue weighted by molar-refractivity contribution is 5.74. The fourth-order valence-electron chi connectivity index (χ4n) is 3.30. The van der Waals surface area contributed by atoms with Crippen molar-refractivity contribution in [2.75, 3.05) is 20.8 Å². The lowest BCUT2D eigenvalue weighted by Gasteiger charge is -2.26. The van der Waals surface area contributed by atoms with E-state index in [9.17, 15) is 10.1 Å². The highest BCUT2D eigenvalue weighted by atomic mass is 16.5. The number of hydrogen-bond donors (Lipinski definition) is 1. The van der Waals surface area contributed by atoms with Crippen LogP contribution >= 0.6 is 0 Å². The molecular formula is C22H22N2O5. The van der Waals surface area contributed by atoms with Crippen molar-refractivity contribution in [3.05, 3.63) is 53.4 Å². The number of nitriles is 1. The van der Waals surface area contributed by atoms with Crippen LogP contribution in [0.3, 0.4) is 0 Å². The quantitative estimate of drug-likeness (QED) is 0.748. The average Bonchev–Trinajstić information content (AvgIpc) is 2.73. The number of fused-ring (bicyclic) bond motifs is 1. The van der Waals surface area contributed by atoms with Crippen LogP contribution in [0.15, 0.2) is 47.9 Å². The number of carbonyl (C=O) groups excluding carboxylic acids is 1. The van der Waals surface area contributed by atoms with Gasteiger partial charge >= 0.3 is 5.97 Å². The first kappa shape index (κ1) is 20.1. The van der Waals surface area contributed by atoms with Gasteiger partial charge in [-0.3, -0.25) is 4.79 Å². The Morgan fingerprint density at radius 2 is 1.83 bits per heavy atom. The predicted octanol–water partition coefficient (Wildman–Crippen LogP) is 3.49. The first-order valence-corrected chi connectivity index (χ1v) is 9.11. The van der Waals surface area contributed by atoms with Gasteiger partial charge in [-0.1, -0.05) is 6.07 Å². The third kappa shape index (κ3) is 4.11. The summed E-state index contributed by atoms with van der Waals surface area (Å²) in [5.74, 6) is 0.866. The van der Waals surface area contributed by atoms with Crippen molar-refractivity contribution < 1.29 is 23.7 Å². The van der Waals surface area contributed by atoms with Gasteiger partial charge in [0.1, 0.15) is 23.3 Å². The molecule has 0 radical (unpaired) electrons. The lowest BCUT2D eigenvalue weighted by Crippen LogP contribution is -2.22. The second kappa shape index (κ2) is 8.57. The molecule has 0 aliphatic carbocycles. The SMILES string of the molecule is CCOC(=O)CC1C(C#N)=C(N)Oc2ccc(-c3cc(OC)cc(OC)c3)cc21. The molecule has 7 nitrogen and oxygen atoms in total. The minimum Gasteiger partial charge on any atom is -0.497 e. The van der Waals surface area contributed by atoms with E-state index in [1.807, 2.05) is 24.3 Å². The molecule has 2 aromatic carbocycles. The first-order chi connectivity index (χ1) is 14.0. The summed E-state index contributed by atoms with van der Waals surface area (Å²) in [6, 6.07) is 13.1. The molecule has 1 aliphatic heterocycles. The minimum atomic E-state index is -0.546. The number of allylic oxidation sites excluding steroid dienone is 1. The lowest BCUT2D eigenvalue weighted by molar-refractivity contribution is -0.143. The third-order valence-corrected chi connectivity index (χ3v) is 4.70. The molecule has 0 saturated carbocycles. The molecule has 1 atom stereocenters. The fourth-order valence-corrected chi connectivity index (χ4v) is 3.30. The molecule has 1 aliphatic rings. The highest BCUT2D eigenvalue weighted by Gasteiger charge is 2.31. The van der Waals surface area contributed by atoms with E-state index in [0.717, 1.165) is 11.1 Å². The summed E-state index contributed by atoms with van der Waals surface area (Å²) in [7, 11) is 3.17. The van der Waals surface area contributed by atoms with Crippen LogP contribution in [0.25, 0.3) is 11.1 Å². The van der Waals surface area contributed by atoms with E-state index in [0.29, 0.717) is 22.8 Å². The van der Waals surface area contributed by atoms with Crippen LogP contribution in [-0.2, 0) is 9.53 Å². The zero-order chi connectivity index (χ0) is 21.0. The normalized spacial score (nSPS) is 15.0. The van der Waals surface area contributed by atoms with Gasteiger partial charge in [0.25, 0.3) is 0 Å².